The van der Waals surface area contributed by atoms with Crippen molar-refractivity contribution in [3.63, 3.8) is 0 Å². The highest BCUT2D eigenvalue weighted by atomic mass is 35.5. The molecule has 138 valence electrons. The van der Waals surface area contributed by atoms with Crippen LogP contribution in [0.5, 0.6) is 0 Å². The van der Waals surface area contributed by atoms with Gasteiger partial charge in [0.2, 0.25) is 0 Å². The van der Waals surface area contributed by atoms with Crippen molar-refractivity contribution in [2.24, 2.45) is 0 Å². The van der Waals surface area contributed by atoms with Gasteiger partial charge in [-0.3, -0.25) is 14.5 Å². The molecule has 7 heteroatoms. The van der Waals surface area contributed by atoms with Gasteiger partial charge in [0.05, 0.1) is 31.4 Å². The molecule has 0 aliphatic carbocycles. The van der Waals surface area contributed by atoms with Crippen LogP contribution in [-0.2, 0) is 19.1 Å². The first kappa shape index (κ1) is 17.5. The molecule has 0 N–H and O–H groups in total. The average molecular weight is 377 g/mol. The summed E-state index contributed by atoms with van der Waals surface area (Å²) in [6.07, 6.45) is 1.77. The molecule has 4 rings (SSSR count). The van der Waals surface area contributed by atoms with E-state index in [1.165, 1.54) is 4.90 Å². The third-order valence-corrected chi connectivity index (χ3v) is 5.27. The Labute approximate surface area is 157 Å². The second kappa shape index (κ2) is 7.39. The van der Waals surface area contributed by atoms with Crippen molar-refractivity contribution in [3.05, 3.63) is 40.5 Å². The Morgan fingerprint density at radius 1 is 1.04 bits per heavy atom. The van der Waals surface area contributed by atoms with Crippen LogP contribution in [0.3, 0.4) is 0 Å². The molecule has 2 amide bonds. The Bertz CT molecular complexity index is 734. The normalized spacial score (nSPS) is 24.1. The molecule has 1 aromatic carbocycles. The molecule has 2 saturated heterocycles. The number of ether oxygens (including phenoxy) is 2. The maximum Gasteiger partial charge on any atom is 0.277 e. The number of carbonyl (C=O) groups excluding carboxylic acids is 2. The molecule has 0 spiro atoms. The summed E-state index contributed by atoms with van der Waals surface area (Å²) in [7, 11) is 0. The number of morpholine rings is 1. The van der Waals surface area contributed by atoms with Crippen molar-refractivity contribution in [3.8, 4) is 0 Å². The number of amides is 2. The van der Waals surface area contributed by atoms with Crippen molar-refractivity contribution in [1.82, 2.24) is 9.80 Å². The number of carbonyl (C=O) groups is 2. The molecular weight excluding hydrogens is 356 g/mol. The lowest BCUT2D eigenvalue weighted by Gasteiger charge is -2.30. The molecule has 1 unspecified atom stereocenters. The van der Waals surface area contributed by atoms with Crippen LogP contribution in [0.25, 0.3) is 5.57 Å². The van der Waals surface area contributed by atoms with Gasteiger partial charge in [0.25, 0.3) is 11.8 Å². The predicted octanol–water partition coefficient (Wildman–Crippen LogP) is 1.93. The van der Waals surface area contributed by atoms with E-state index in [1.54, 1.807) is 24.3 Å². The van der Waals surface area contributed by atoms with Gasteiger partial charge in [0.1, 0.15) is 5.70 Å². The molecule has 1 atom stereocenters. The minimum Gasteiger partial charge on any atom is -0.378 e. The number of imide groups is 1. The Morgan fingerprint density at radius 3 is 2.42 bits per heavy atom. The van der Waals surface area contributed by atoms with Crippen LogP contribution >= 0.6 is 11.6 Å². The molecule has 0 bridgehead atoms. The quantitative estimate of drug-likeness (QED) is 0.751. The molecule has 1 aromatic rings. The summed E-state index contributed by atoms with van der Waals surface area (Å²) >= 11 is 5.99. The molecule has 3 aliphatic heterocycles. The SMILES string of the molecule is O=C1C(c2ccc(Cl)cc2)=C(N2CCOCC2)C(=O)N1CC1CCCO1. The number of nitrogens with zero attached hydrogens (tertiary/aromatic N) is 2. The fraction of sp³-hybridized carbons (Fsp3) is 0.474. The Kier molecular flexibility index (Phi) is 4.98. The van der Waals surface area contributed by atoms with E-state index in [-0.39, 0.29) is 17.9 Å². The van der Waals surface area contributed by atoms with Gasteiger partial charge in [0, 0.05) is 24.7 Å². The van der Waals surface area contributed by atoms with Crippen LogP contribution in [0.15, 0.2) is 30.0 Å². The highest BCUT2D eigenvalue weighted by Crippen LogP contribution is 2.33. The number of hydrogen-bond acceptors (Lipinski definition) is 5. The van der Waals surface area contributed by atoms with Gasteiger partial charge >= 0.3 is 0 Å². The molecule has 3 aliphatic rings. The van der Waals surface area contributed by atoms with Gasteiger partial charge in [-0.2, -0.15) is 0 Å². The average Bonchev–Trinajstić information content (AvgIpc) is 3.25. The summed E-state index contributed by atoms with van der Waals surface area (Å²) in [5, 5.41) is 0.593. The summed E-state index contributed by atoms with van der Waals surface area (Å²) < 4.78 is 11.0. The van der Waals surface area contributed by atoms with Crippen LogP contribution in [0.1, 0.15) is 18.4 Å². The lowest BCUT2D eigenvalue weighted by atomic mass is 10.0. The van der Waals surface area contributed by atoms with Crippen molar-refractivity contribution < 1.29 is 19.1 Å². The summed E-state index contributed by atoms with van der Waals surface area (Å²) in [6.45, 7) is 3.28. The lowest BCUT2D eigenvalue weighted by molar-refractivity contribution is -0.139. The molecule has 6 nitrogen and oxygen atoms in total. The van der Waals surface area contributed by atoms with Crippen molar-refractivity contribution in [2.75, 3.05) is 39.5 Å². The fourth-order valence-corrected chi connectivity index (χ4v) is 3.80. The van der Waals surface area contributed by atoms with E-state index in [2.05, 4.69) is 0 Å². The van der Waals surface area contributed by atoms with Gasteiger partial charge in [-0.15, -0.1) is 0 Å². The highest BCUT2D eigenvalue weighted by molar-refractivity contribution is 6.36. The van der Waals surface area contributed by atoms with Gasteiger partial charge in [-0.05, 0) is 30.5 Å². The number of halogens is 1. The van der Waals surface area contributed by atoms with Crippen LogP contribution in [-0.4, -0.2) is 67.2 Å². The molecular formula is C19H21ClN2O4. The number of rotatable bonds is 4. The van der Waals surface area contributed by atoms with E-state index >= 15 is 0 Å². The largest absolute Gasteiger partial charge is 0.378 e. The molecule has 0 aromatic heterocycles. The fourth-order valence-electron chi connectivity index (χ4n) is 3.68. The zero-order valence-electron chi connectivity index (χ0n) is 14.4. The zero-order valence-corrected chi connectivity index (χ0v) is 15.2. The van der Waals surface area contributed by atoms with Gasteiger partial charge in [-0.1, -0.05) is 23.7 Å². The van der Waals surface area contributed by atoms with Crippen LogP contribution < -0.4 is 0 Å². The first-order chi connectivity index (χ1) is 12.6. The van der Waals surface area contributed by atoms with Crippen LogP contribution in [0, 0.1) is 0 Å². The summed E-state index contributed by atoms with van der Waals surface area (Å²) in [5.41, 5.74) is 1.63. The summed E-state index contributed by atoms with van der Waals surface area (Å²) in [5.74, 6) is -0.494. The summed E-state index contributed by atoms with van der Waals surface area (Å²) in [4.78, 5) is 29.6. The first-order valence-corrected chi connectivity index (χ1v) is 9.33. The van der Waals surface area contributed by atoms with Crippen molar-refractivity contribution in [1.29, 1.82) is 0 Å². The third kappa shape index (κ3) is 3.24. The van der Waals surface area contributed by atoms with Gasteiger partial charge < -0.3 is 14.4 Å². The molecule has 26 heavy (non-hydrogen) atoms. The van der Waals surface area contributed by atoms with Crippen LogP contribution in [0.4, 0.5) is 0 Å². The number of benzene rings is 1. The number of hydrogen-bond donors (Lipinski definition) is 0. The Balaban J connectivity index is 1.70. The Morgan fingerprint density at radius 2 is 1.77 bits per heavy atom. The van der Waals surface area contributed by atoms with Crippen molar-refractivity contribution in [2.45, 2.75) is 18.9 Å². The van der Waals surface area contributed by atoms with E-state index in [0.29, 0.717) is 61.3 Å². The topological polar surface area (TPSA) is 59.1 Å². The van der Waals surface area contributed by atoms with E-state index in [4.69, 9.17) is 21.1 Å². The van der Waals surface area contributed by atoms with E-state index < -0.39 is 0 Å². The van der Waals surface area contributed by atoms with Crippen LogP contribution in [0.2, 0.25) is 5.02 Å². The molecule has 0 saturated carbocycles. The summed E-state index contributed by atoms with van der Waals surface area (Å²) in [6, 6.07) is 7.06. The molecule has 3 heterocycles. The predicted molar refractivity (Wildman–Crippen MR) is 96.5 cm³/mol. The second-order valence-corrected chi connectivity index (χ2v) is 7.12. The maximum absolute atomic E-state index is 13.1. The third-order valence-electron chi connectivity index (χ3n) is 5.01. The second-order valence-electron chi connectivity index (χ2n) is 6.69. The van der Waals surface area contributed by atoms with Gasteiger partial charge in [0.15, 0.2) is 0 Å². The van der Waals surface area contributed by atoms with E-state index in [1.807, 2.05) is 4.90 Å². The smallest absolute Gasteiger partial charge is 0.277 e. The highest BCUT2D eigenvalue weighted by Gasteiger charge is 2.43. The zero-order chi connectivity index (χ0) is 18.1. The maximum atomic E-state index is 13.1. The lowest BCUT2D eigenvalue weighted by Crippen LogP contribution is -2.42. The monoisotopic (exact) mass is 376 g/mol. The van der Waals surface area contributed by atoms with Crippen molar-refractivity contribution >= 4 is 29.0 Å². The van der Waals surface area contributed by atoms with E-state index in [0.717, 1.165) is 12.8 Å². The molecule has 2 fully saturated rings. The minimum absolute atomic E-state index is 0.0709. The minimum atomic E-state index is -0.255. The standard InChI is InChI=1S/C19H21ClN2O4/c20-14-5-3-13(4-6-14)16-17(21-7-10-25-11-8-21)19(24)22(18(16)23)12-15-2-1-9-26-15/h3-6,15H,1-2,7-12H2. The van der Waals surface area contributed by atoms with E-state index in [9.17, 15) is 9.59 Å². The molecule has 0 radical (unpaired) electrons. The van der Waals surface area contributed by atoms with Gasteiger partial charge in [-0.25, -0.2) is 0 Å². The first-order valence-electron chi connectivity index (χ1n) is 8.96. The Hall–Kier alpha value is -1.89.